The molecule has 0 unspecified atom stereocenters. The third kappa shape index (κ3) is 2.27. The summed E-state index contributed by atoms with van der Waals surface area (Å²) in [6.07, 6.45) is 6.18. The average Bonchev–Trinajstić information content (AvgIpc) is 3.15. The average molecular weight is 368 g/mol. The number of hydrogen-bond donors (Lipinski definition) is 0. The normalized spacial score (nSPS) is 15.9. The number of anilines is 1. The molecule has 0 amide bonds. The Morgan fingerprint density at radius 1 is 0.893 bits per heavy atom. The Kier molecular flexibility index (Phi) is 3.53. The third-order valence-electron chi connectivity index (χ3n) is 6.01. The number of nitrogens with zero attached hydrogens (tertiary/aromatic N) is 4. The van der Waals surface area contributed by atoms with Crippen LogP contribution < -0.4 is 4.90 Å². The lowest BCUT2D eigenvalue weighted by Gasteiger charge is -2.39. The molecule has 0 fully saturated rings. The number of aromatic nitrogens is 2. The van der Waals surface area contributed by atoms with Crippen LogP contribution >= 0.6 is 0 Å². The van der Waals surface area contributed by atoms with E-state index in [1.165, 1.54) is 27.5 Å². The van der Waals surface area contributed by atoms with Gasteiger partial charge in [-0.25, -0.2) is 4.98 Å². The largest absolute Gasteiger partial charge is 0.357 e. The highest BCUT2D eigenvalue weighted by atomic mass is 15.4. The van der Waals surface area contributed by atoms with Crippen LogP contribution in [0.25, 0.3) is 27.6 Å². The third-order valence-corrected chi connectivity index (χ3v) is 6.01. The van der Waals surface area contributed by atoms with Crippen molar-refractivity contribution in [3.05, 3.63) is 78.8 Å². The molecule has 1 aliphatic rings. The SMILES string of the molecule is Cc1cc2c3cccnc3n(-c3ccccc3)c2cc1N1C=CN(C)C1(C)C. The minimum absolute atomic E-state index is 0.111. The van der Waals surface area contributed by atoms with Gasteiger partial charge in [-0.1, -0.05) is 18.2 Å². The zero-order valence-corrected chi connectivity index (χ0v) is 16.7. The first-order valence-electron chi connectivity index (χ1n) is 9.64. The number of fused-ring (bicyclic) bond motifs is 3. The van der Waals surface area contributed by atoms with E-state index in [1.54, 1.807) is 0 Å². The monoisotopic (exact) mass is 368 g/mol. The molecule has 0 saturated carbocycles. The van der Waals surface area contributed by atoms with Gasteiger partial charge in [-0.3, -0.25) is 4.57 Å². The Morgan fingerprint density at radius 2 is 1.68 bits per heavy atom. The Bertz CT molecular complexity index is 1220. The molecule has 4 heteroatoms. The van der Waals surface area contributed by atoms with Gasteiger partial charge in [0.25, 0.3) is 0 Å². The smallest absolute Gasteiger partial charge is 0.145 e. The van der Waals surface area contributed by atoms with E-state index >= 15 is 0 Å². The van der Waals surface area contributed by atoms with Crippen molar-refractivity contribution in [2.24, 2.45) is 0 Å². The summed E-state index contributed by atoms with van der Waals surface area (Å²) in [5.41, 5.74) is 5.67. The number of para-hydroxylation sites is 1. The molecule has 0 spiro atoms. The van der Waals surface area contributed by atoms with Crippen LogP contribution in [0.2, 0.25) is 0 Å². The maximum atomic E-state index is 4.72. The molecule has 3 heterocycles. The first kappa shape index (κ1) is 16.9. The summed E-state index contributed by atoms with van der Waals surface area (Å²) in [6.45, 7) is 6.68. The fraction of sp³-hybridized carbons (Fsp3) is 0.208. The van der Waals surface area contributed by atoms with Gasteiger partial charge in [0.1, 0.15) is 11.3 Å². The number of hydrogen-bond acceptors (Lipinski definition) is 3. The van der Waals surface area contributed by atoms with Crippen LogP contribution in [0.1, 0.15) is 19.4 Å². The second-order valence-electron chi connectivity index (χ2n) is 7.97. The van der Waals surface area contributed by atoms with Crippen LogP contribution in [0.4, 0.5) is 5.69 Å². The Hall–Kier alpha value is -3.27. The van der Waals surface area contributed by atoms with Gasteiger partial charge in [0, 0.05) is 47.8 Å². The summed E-state index contributed by atoms with van der Waals surface area (Å²) in [4.78, 5) is 9.31. The van der Waals surface area contributed by atoms with Crippen molar-refractivity contribution in [2.75, 3.05) is 11.9 Å². The predicted molar refractivity (Wildman–Crippen MR) is 117 cm³/mol. The van der Waals surface area contributed by atoms with Crippen LogP contribution in [0.5, 0.6) is 0 Å². The van der Waals surface area contributed by atoms with Gasteiger partial charge in [-0.15, -0.1) is 0 Å². The fourth-order valence-corrected chi connectivity index (χ4v) is 4.16. The maximum Gasteiger partial charge on any atom is 0.145 e. The molecule has 28 heavy (non-hydrogen) atoms. The van der Waals surface area contributed by atoms with Gasteiger partial charge in [0.15, 0.2) is 0 Å². The molecule has 5 rings (SSSR count). The minimum atomic E-state index is -0.111. The number of pyridine rings is 1. The van der Waals surface area contributed by atoms with E-state index < -0.39 is 0 Å². The minimum Gasteiger partial charge on any atom is -0.357 e. The van der Waals surface area contributed by atoms with E-state index in [4.69, 9.17) is 4.98 Å². The van der Waals surface area contributed by atoms with E-state index in [0.29, 0.717) is 0 Å². The van der Waals surface area contributed by atoms with Gasteiger partial charge in [-0.2, -0.15) is 0 Å². The highest BCUT2D eigenvalue weighted by Crippen LogP contribution is 2.39. The molecule has 2 aromatic carbocycles. The van der Waals surface area contributed by atoms with E-state index in [9.17, 15) is 0 Å². The molecule has 0 saturated heterocycles. The second kappa shape index (κ2) is 5.86. The zero-order valence-electron chi connectivity index (χ0n) is 16.7. The number of aryl methyl sites for hydroxylation is 1. The predicted octanol–water partition coefficient (Wildman–Crippen LogP) is 5.45. The molecule has 0 radical (unpaired) electrons. The summed E-state index contributed by atoms with van der Waals surface area (Å²) >= 11 is 0. The van der Waals surface area contributed by atoms with Gasteiger partial charge in [0.05, 0.1) is 5.52 Å². The molecule has 0 aliphatic carbocycles. The maximum absolute atomic E-state index is 4.72. The topological polar surface area (TPSA) is 24.3 Å². The van der Waals surface area contributed by atoms with Gasteiger partial charge < -0.3 is 9.80 Å². The van der Waals surface area contributed by atoms with Crippen molar-refractivity contribution in [1.29, 1.82) is 0 Å². The molecule has 1 aliphatic heterocycles. The quantitative estimate of drug-likeness (QED) is 0.470. The van der Waals surface area contributed by atoms with Crippen molar-refractivity contribution in [3.8, 4) is 5.69 Å². The zero-order chi connectivity index (χ0) is 19.5. The Morgan fingerprint density at radius 3 is 2.39 bits per heavy atom. The van der Waals surface area contributed by atoms with E-state index in [1.807, 2.05) is 18.3 Å². The molecule has 4 nitrogen and oxygen atoms in total. The van der Waals surface area contributed by atoms with Gasteiger partial charge >= 0.3 is 0 Å². The van der Waals surface area contributed by atoms with E-state index in [-0.39, 0.29) is 5.66 Å². The molecule has 0 bridgehead atoms. The molecule has 2 aromatic heterocycles. The van der Waals surface area contributed by atoms with Crippen molar-refractivity contribution >= 4 is 27.6 Å². The standard InChI is InChI=1S/C24H24N4/c1-17-15-20-19-11-8-12-25-23(19)28(18-9-6-5-7-10-18)22(20)16-21(17)27-14-13-26(4)24(27,2)3/h5-16H,1-4H3. The summed E-state index contributed by atoms with van der Waals surface area (Å²) < 4.78 is 2.27. The van der Waals surface area contributed by atoms with Gasteiger partial charge in [-0.05, 0) is 62.7 Å². The molecule has 0 atom stereocenters. The summed E-state index contributed by atoms with van der Waals surface area (Å²) in [7, 11) is 2.12. The summed E-state index contributed by atoms with van der Waals surface area (Å²) in [5, 5.41) is 2.42. The van der Waals surface area contributed by atoms with Crippen LogP contribution in [-0.2, 0) is 0 Å². The fourth-order valence-electron chi connectivity index (χ4n) is 4.16. The van der Waals surface area contributed by atoms with Crippen LogP contribution in [0.3, 0.4) is 0 Å². The van der Waals surface area contributed by atoms with Crippen molar-refractivity contribution in [2.45, 2.75) is 26.4 Å². The molecular formula is C24H24N4. The lowest BCUT2D eigenvalue weighted by Crippen LogP contribution is -2.46. The molecule has 4 aromatic rings. The van der Waals surface area contributed by atoms with Crippen LogP contribution in [0.15, 0.2) is 73.2 Å². The van der Waals surface area contributed by atoms with Crippen molar-refractivity contribution in [1.82, 2.24) is 14.5 Å². The lowest BCUT2D eigenvalue weighted by molar-refractivity contribution is 0.253. The van der Waals surface area contributed by atoms with Crippen molar-refractivity contribution < 1.29 is 0 Å². The Balaban J connectivity index is 1.85. The first-order chi connectivity index (χ1) is 13.5. The first-order valence-corrected chi connectivity index (χ1v) is 9.64. The highest BCUT2D eigenvalue weighted by molar-refractivity contribution is 6.09. The van der Waals surface area contributed by atoms with E-state index in [0.717, 1.165) is 11.3 Å². The number of benzene rings is 2. The summed E-state index contributed by atoms with van der Waals surface area (Å²) in [5.74, 6) is 0. The summed E-state index contributed by atoms with van der Waals surface area (Å²) in [6, 6.07) is 19.3. The molecular weight excluding hydrogens is 344 g/mol. The van der Waals surface area contributed by atoms with Crippen LogP contribution in [-0.4, -0.2) is 27.2 Å². The Labute approximate surface area is 165 Å². The van der Waals surface area contributed by atoms with Crippen LogP contribution in [0, 0.1) is 6.92 Å². The lowest BCUT2D eigenvalue weighted by atomic mass is 10.1. The second-order valence-corrected chi connectivity index (χ2v) is 7.97. The van der Waals surface area contributed by atoms with E-state index in [2.05, 4.69) is 97.1 Å². The van der Waals surface area contributed by atoms with Crippen molar-refractivity contribution in [3.63, 3.8) is 0 Å². The number of rotatable bonds is 2. The molecule has 0 N–H and O–H groups in total. The van der Waals surface area contributed by atoms with Gasteiger partial charge in [0.2, 0.25) is 0 Å². The molecule has 140 valence electrons. The highest BCUT2D eigenvalue weighted by Gasteiger charge is 2.34.